The lowest BCUT2D eigenvalue weighted by Crippen LogP contribution is -2.41. The van der Waals surface area contributed by atoms with Crippen LogP contribution in [0.3, 0.4) is 0 Å². The molecule has 1 amide bonds. The fourth-order valence-corrected chi connectivity index (χ4v) is 3.47. The average Bonchev–Trinajstić information content (AvgIpc) is 3.07. The molecule has 6 heteroatoms. The van der Waals surface area contributed by atoms with Crippen molar-refractivity contribution in [2.75, 3.05) is 13.2 Å². The number of ether oxygens (including phenoxy) is 1. The molecule has 0 radical (unpaired) electrons. The van der Waals surface area contributed by atoms with E-state index in [1.165, 1.54) is 12.1 Å². The van der Waals surface area contributed by atoms with Gasteiger partial charge in [0.1, 0.15) is 11.9 Å². The van der Waals surface area contributed by atoms with E-state index in [0.29, 0.717) is 31.9 Å². The van der Waals surface area contributed by atoms with Crippen molar-refractivity contribution in [2.24, 2.45) is 17.0 Å². The number of nitrogens with one attached hydrogen (secondary N) is 1. The molecule has 0 spiro atoms. The van der Waals surface area contributed by atoms with Crippen LogP contribution < -0.4 is 5.32 Å². The van der Waals surface area contributed by atoms with Crippen LogP contribution >= 0.6 is 0 Å². The Hall–Kier alpha value is -1.95. The maximum Gasteiger partial charge on any atom is 0.223 e. The Labute approximate surface area is 153 Å². The number of oxime groups is 1. The third-order valence-electron chi connectivity index (χ3n) is 5.02. The number of rotatable bonds is 6. The molecule has 1 aromatic rings. The summed E-state index contributed by atoms with van der Waals surface area (Å²) in [6.45, 7) is 5.32. The molecule has 5 nitrogen and oxygen atoms in total. The van der Waals surface area contributed by atoms with Crippen LogP contribution in [-0.2, 0) is 20.8 Å². The van der Waals surface area contributed by atoms with Gasteiger partial charge in [-0.05, 0) is 36.5 Å². The van der Waals surface area contributed by atoms with Crippen LogP contribution in [-0.4, -0.2) is 37.0 Å². The van der Waals surface area contributed by atoms with Crippen molar-refractivity contribution in [1.82, 2.24) is 5.32 Å². The first-order valence-corrected chi connectivity index (χ1v) is 9.36. The average molecular weight is 362 g/mol. The van der Waals surface area contributed by atoms with Gasteiger partial charge in [-0.1, -0.05) is 31.1 Å². The topological polar surface area (TPSA) is 59.9 Å². The van der Waals surface area contributed by atoms with Crippen molar-refractivity contribution in [1.29, 1.82) is 0 Å². The fraction of sp³-hybridized carbons (Fsp3) is 0.600. The molecule has 142 valence electrons. The predicted molar refractivity (Wildman–Crippen MR) is 97.3 cm³/mol. The maximum absolute atomic E-state index is 13.3. The van der Waals surface area contributed by atoms with Crippen molar-refractivity contribution in [3.05, 3.63) is 35.6 Å². The number of carbonyl (C=O) groups excluding carboxylic acids is 1. The van der Waals surface area contributed by atoms with Gasteiger partial charge in [0.15, 0.2) is 0 Å². The molecule has 1 N–H and O–H groups in total. The number of halogens is 1. The van der Waals surface area contributed by atoms with Gasteiger partial charge in [0.2, 0.25) is 5.91 Å². The molecule has 0 aliphatic carbocycles. The molecule has 0 saturated carbocycles. The van der Waals surface area contributed by atoms with Crippen LogP contribution in [0.1, 0.15) is 38.7 Å². The molecule has 1 saturated heterocycles. The number of nitrogens with zero attached hydrogens (tertiary/aromatic N) is 1. The van der Waals surface area contributed by atoms with Crippen molar-refractivity contribution < 1.29 is 18.8 Å². The number of amides is 1. The lowest BCUT2D eigenvalue weighted by molar-refractivity contribution is -0.131. The summed E-state index contributed by atoms with van der Waals surface area (Å²) >= 11 is 0. The Kier molecular flexibility index (Phi) is 6.25. The zero-order valence-electron chi connectivity index (χ0n) is 15.4. The zero-order chi connectivity index (χ0) is 18.5. The largest absolute Gasteiger partial charge is 0.390 e. The van der Waals surface area contributed by atoms with Gasteiger partial charge < -0.3 is 14.9 Å². The van der Waals surface area contributed by atoms with E-state index in [4.69, 9.17) is 9.57 Å². The third-order valence-corrected chi connectivity index (χ3v) is 5.02. The second-order valence-corrected chi connectivity index (χ2v) is 7.52. The number of hydrogen-bond donors (Lipinski definition) is 1. The van der Waals surface area contributed by atoms with Crippen molar-refractivity contribution in [3.8, 4) is 0 Å². The molecule has 26 heavy (non-hydrogen) atoms. The summed E-state index contributed by atoms with van der Waals surface area (Å²) in [5.74, 6) is 0.246. The quantitative estimate of drug-likeness (QED) is 0.846. The van der Waals surface area contributed by atoms with Gasteiger partial charge in [0.25, 0.3) is 0 Å². The summed E-state index contributed by atoms with van der Waals surface area (Å²) < 4.78 is 19.0. The van der Waals surface area contributed by atoms with E-state index < -0.39 is 0 Å². The Bertz CT molecular complexity index is 662. The summed E-state index contributed by atoms with van der Waals surface area (Å²) in [4.78, 5) is 17.9. The van der Waals surface area contributed by atoms with Crippen LogP contribution in [0.2, 0.25) is 0 Å². The van der Waals surface area contributed by atoms with Crippen LogP contribution in [0.15, 0.2) is 29.4 Å². The molecule has 3 rings (SSSR count). The summed E-state index contributed by atoms with van der Waals surface area (Å²) in [5.41, 5.74) is 1.75. The van der Waals surface area contributed by atoms with E-state index in [1.807, 2.05) is 6.07 Å². The van der Waals surface area contributed by atoms with Gasteiger partial charge >= 0.3 is 0 Å². The highest BCUT2D eigenvalue weighted by molar-refractivity contribution is 5.87. The fourth-order valence-electron chi connectivity index (χ4n) is 3.47. The molecule has 2 aliphatic heterocycles. The highest BCUT2D eigenvalue weighted by Gasteiger charge is 2.30. The van der Waals surface area contributed by atoms with Gasteiger partial charge in [-0.25, -0.2) is 4.39 Å². The Balaban J connectivity index is 1.41. The highest BCUT2D eigenvalue weighted by atomic mass is 19.1. The van der Waals surface area contributed by atoms with Crippen LogP contribution in [0.5, 0.6) is 0 Å². The highest BCUT2D eigenvalue weighted by Crippen LogP contribution is 2.25. The van der Waals surface area contributed by atoms with E-state index >= 15 is 0 Å². The van der Waals surface area contributed by atoms with Crippen LogP contribution in [0, 0.1) is 17.7 Å². The summed E-state index contributed by atoms with van der Waals surface area (Å²) in [6.07, 6.45) is 2.77. The lowest BCUT2D eigenvalue weighted by Gasteiger charge is -2.31. The molecule has 2 aliphatic rings. The second kappa shape index (κ2) is 8.62. The molecule has 1 aromatic carbocycles. The van der Waals surface area contributed by atoms with Gasteiger partial charge in [-0.3, -0.25) is 4.79 Å². The SMILES string of the molecule is CC(C)[C@H]1C[C@@H](C(=O)NC[C@@H]2CC(Cc3cccc(F)c3)=NO2)CCO1. The number of hydrogen-bond acceptors (Lipinski definition) is 4. The van der Waals surface area contributed by atoms with Crippen molar-refractivity contribution in [2.45, 2.75) is 51.7 Å². The van der Waals surface area contributed by atoms with Gasteiger partial charge in [-0.15, -0.1) is 0 Å². The first-order valence-electron chi connectivity index (χ1n) is 9.36. The number of benzene rings is 1. The molecule has 1 fully saturated rings. The minimum absolute atomic E-state index is 0.00485. The molecule has 0 bridgehead atoms. The third kappa shape index (κ3) is 5.04. The first-order chi connectivity index (χ1) is 12.5. The summed E-state index contributed by atoms with van der Waals surface area (Å²) in [5, 5.41) is 7.09. The van der Waals surface area contributed by atoms with E-state index in [-0.39, 0.29) is 29.9 Å². The molecule has 2 heterocycles. The van der Waals surface area contributed by atoms with E-state index in [1.54, 1.807) is 6.07 Å². The monoisotopic (exact) mass is 362 g/mol. The standard InChI is InChI=1S/C20H27FN2O3/c1-13(2)19-10-15(6-7-25-19)20(24)22-12-18-11-17(23-26-18)9-14-4-3-5-16(21)8-14/h3-5,8,13,15,18-19H,6-7,9-12H2,1-2H3,(H,22,24)/t15-,18-,19+/m0/s1. The Morgan fingerprint density at radius 3 is 3.04 bits per heavy atom. The van der Waals surface area contributed by atoms with Gasteiger partial charge in [0.05, 0.1) is 18.4 Å². The van der Waals surface area contributed by atoms with Crippen LogP contribution in [0.4, 0.5) is 4.39 Å². The molecule has 0 aromatic heterocycles. The molecule has 0 unspecified atom stereocenters. The van der Waals surface area contributed by atoms with Gasteiger partial charge in [-0.2, -0.15) is 0 Å². The zero-order valence-corrected chi connectivity index (χ0v) is 15.4. The summed E-state index contributed by atoms with van der Waals surface area (Å²) in [6, 6.07) is 6.50. The Morgan fingerprint density at radius 2 is 2.27 bits per heavy atom. The van der Waals surface area contributed by atoms with E-state index in [0.717, 1.165) is 24.1 Å². The minimum atomic E-state index is -0.248. The Morgan fingerprint density at radius 1 is 1.42 bits per heavy atom. The van der Waals surface area contributed by atoms with Crippen molar-refractivity contribution >= 4 is 11.6 Å². The predicted octanol–water partition coefficient (Wildman–Crippen LogP) is 3.08. The molecule has 3 atom stereocenters. The number of carbonyl (C=O) groups is 1. The van der Waals surface area contributed by atoms with E-state index in [9.17, 15) is 9.18 Å². The maximum atomic E-state index is 13.3. The minimum Gasteiger partial charge on any atom is -0.390 e. The smallest absolute Gasteiger partial charge is 0.223 e. The second-order valence-electron chi connectivity index (χ2n) is 7.52. The normalized spacial score (nSPS) is 25.7. The first kappa shape index (κ1) is 18.8. The van der Waals surface area contributed by atoms with Crippen LogP contribution in [0.25, 0.3) is 0 Å². The van der Waals surface area contributed by atoms with Gasteiger partial charge in [0, 0.05) is 25.4 Å². The molecular formula is C20H27FN2O3. The lowest BCUT2D eigenvalue weighted by atomic mass is 9.89. The molecular weight excluding hydrogens is 335 g/mol. The summed E-state index contributed by atoms with van der Waals surface area (Å²) in [7, 11) is 0. The van der Waals surface area contributed by atoms with E-state index in [2.05, 4.69) is 24.3 Å². The van der Waals surface area contributed by atoms with Crippen molar-refractivity contribution in [3.63, 3.8) is 0 Å².